The normalized spacial score (nSPS) is 13.9. The summed E-state index contributed by atoms with van der Waals surface area (Å²) in [7, 11) is -0.394. The van der Waals surface area contributed by atoms with Crippen LogP contribution >= 0.6 is 28.8 Å². The number of hydrogen-bond donors (Lipinski definition) is 6. The summed E-state index contributed by atoms with van der Waals surface area (Å²) in [6.45, 7) is 10.3. The largest absolute Gasteiger partial charge is 0.491 e. The van der Waals surface area contributed by atoms with Crippen molar-refractivity contribution >= 4 is 58.6 Å². The number of halogens is 1. The lowest BCUT2D eigenvalue weighted by molar-refractivity contribution is -0.00147. The fourth-order valence-electron chi connectivity index (χ4n) is 5.60. The van der Waals surface area contributed by atoms with Gasteiger partial charge in [0.2, 0.25) is 5.28 Å². The van der Waals surface area contributed by atoms with Crippen molar-refractivity contribution < 1.29 is 66.4 Å². The summed E-state index contributed by atoms with van der Waals surface area (Å²) < 4.78 is 66.7. The van der Waals surface area contributed by atoms with E-state index in [9.17, 15) is 0 Å². The Balaban J connectivity index is 1.13. The monoisotopic (exact) mass is 1010 g/mol. The van der Waals surface area contributed by atoms with E-state index >= 15 is 0 Å². The number of methoxy groups -OCH3 is 1. The van der Waals surface area contributed by atoms with Crippen molar-refractivity contribution in [2.24, 2.45) is 21.7 Å². The second kappa shape index (κ2) is 38.8. The van der Waals surface area contributed by atoms with Crippen LogP contribution < -0.4 is 31.3 Å². The molecular weight excluding hydrogens is 940 g/mol. The Morgan fingerprint density at radius 2 is 1.43 bits per heavy atom. The Labute approximate surface area is 401 Å². The molecule has 2 atom stereocenters. The van der Waals surface area contributed by atoms with Crippen LogP contribution in [0.1, 0.15) is 12.0 Å². The highest BCUT2D eigenvalue weighted by molar-refractivity contribution is 7.58. The minimum absolute atomic E-state index is 0.0138. The first-order valence-electron chi connectivity index (χ1n) is 21.9. The topological polar surface area (TPSA) is 293 Å². The third-order valence-electron chi connectivity index (χ3n) is 9.00. The van der Waals surface area contributed by atoms with Crippen LogP contribution in [0.2, 0.25) is 5.28 Å². The summed E-state index contributed by atoms with van der Waals surface area (Å²) in [5.74, 6) is 8.04. The Kier molecular flexibility index (Phi) is 33.7. The molecule has 1 aliphatic rings. The van der Waals surface area contributed by atoms with E-state index in [4.69, 9.17) is 95.0 Å². The second-order valence-electron chi connectivity index (χ2n) is 14.0. The zero-order valence-corrected chi connectivity index (χ0v) is 41.0. The molecule has 0 amide bonds. The van der Waals surface area contributed by atoms with E-state index in [1.165, 1.54) is 6.21 Å². The molecule has 380 valence electrons. The summed E-state index contributed by atoms with van der Waals surface area (Å²) in [5.41, 5.74) is 6.38. The Morgan fingerprint density at radius 3 is 2.00 bits per heavy atom. The molecule has 1 saturated heterocycles. The fourth-order valence-corrected chi connectivity index (χ4v) is 6.90. The quantitative estimate of drug-likeness (QED) is 0.0138. The lowest BCUT2D eigenvalue weighted by Crippen LogP contribution is -2.54. The van der Waals surface area contributed by atoms with E-state index in [0.29, 0.717) is 186 Å². The smallest absolute Gasteiger partial charge is 0.226 e. The Hall–Kier alpha value is -3.06. The third-order valence-corrected chi connectivity index (χ3v) is 11.2. The molecule has 1 aliphatic heterocycles. The molecule has 8 N–H and O–H groups in total. The number of anilines is 2. The molecule has 23 nitrogen and oxygen atoms in total. The van der Waals surface area contributed by atoms with Crippen LogP contribution in [0.4, 0.5) is 11.6 Å². The number of hydrogen-bond acceptors (Lipinski definition) is 23. The zero-order chi connectivity index (χ0) is 48.0. The van der Waals surface area contributed by atoms with E-state index in [1.807, 2.05) is 29.2 Å². The molecule has 67 heavy (non-hydrogen) atoms. The predicted octanol–water partition coefficient (Wildman–Crippen LogP) is 1.93. The van der Waals surface area contributed by atoms with E-state index in [2.05, 4.69) is 25.4 Å². The number of aromatic nitrogens is 2. The summed E-state index contributed by atoms with van der Waals surface area (Å²) in [4.78, 5) is 33.0. The number of ether oxygens (including phenoxy) is 11. The molecule has 2 unspecified atom stereocenters. The number of nitrogens with one attached hydrogen (secondary N) is 2. The van der Waals surface area contributed by atoms with Gasteiger partial charge in [0.25, 0.3) is 0 Å². The highest BCUT2D eigenvalue weighted by Crippen LogP contribution is 2.33. The van der Waals surface area contributed by atoms with Crippen molar-refractivity contribution in [2.45, 2.75) is 18.6 Å². The lowest BCUT2D eigenvalue weighted by atomic mass is 10.1. The van der Waals surface area contributed by atoms with Crippen molar-refractivity contribution in [1.29, 1.82) is 5.41 Å². The molecule has 26 heteroatoms. The number of hydrazone groups is 1. The van der Waals surface area contributed by atoms with Crippen molar-refractivity contribution in [3.05, 3.63) is 35.1 Å². The van der Waals surface area contributed by atoms with Crippen LogP contribution in [0.15, 0.2) is 34.4 Å². The van der Waals surface area contributed by atoms with Crippen LogP contribution in [0.25, 0.3) is 0 Å². The third kappa shape index (κ3) is 27.7. The van der Waals surface area contributed by atoms with Crippen molar-refractivity contribution in [3.63, 3.8) is 0 Å². The van der Waals surface area contributed by atoms with E-state index in [0.717, 1.165) is 0 Å². The number of aliphatic imine (C=N–C) groups is 1. The first kappa shape index (κ1) is 58.3. The minimum Gasteiger partial charge on any atom is -0.491 e. The Bertz CT molecular complexity index is 1630. The molecule has 0 radical (unpaired) electrons. The summed E-state index contributed by atoms with van der Waals surface area (Å²) in [6.07, 6.45) is 3.07. The maximum atomic E-state index is 9.04. The van der Waals surface area contributed by atoms with Gasteiger partial charge in [-0.15, -0.1) is 0 Å². The maximum Gasteiger partial charge on any atom is 0.226 e. The van der Waals surface area contributed by atoms with Crippen molar-refractivity contribution in [3.8, 4) is 11.5 Å². The van der Waals surface area contributed by atoms with Gasteiger partial charge in [-0.2, -0.15) is 15.1 Å². The molecule has 2 aromatic rings. The molecule has 1 fully saturated rings. The van der Waals surface area contributed by atoms with Crippen LogP contribution in [0, 0.1) is 5.41 Å². The van der Waals surface area contributed by atoms with Gasteiger partial charge in [-0.3, -0.25) is 4.99 Å². The standard InChI is InChI=1S/C41H70ClN9O14P2/c1-54-36(31-64-66-32-67(52)53)6-8-47-39-38(26-44)40(49-41(42)48-39)51-28-37(29-51)65-35-4-2-34(3-5-35)63-25-24-61-21-20-59-18-19-60-22-23-62-30-33(50-45)27-46-9-11-56-13-15-58-17-16-57-14-12-55-10-7-43/h2-5,26-27,36-37,44,52-53,66H,6-25,28-32,43,45H2,1H3,(H,47,48,49)/b44-26?,46-27?,50-33+. The molecule has 3 rings (SSSR count). The van der Waals surface area contributed by atoms with Crippen LogP contribution in [0.3, 0.4) is 0 Å². The van der Waals surface area contributed by atoms with Crippen molar-refractivity contribution in [1.82, 2.24) is 9.97 Å². The van der Waals surface area contributed by atoms with Crippen molar-refractivity contribution in [2.75, 3.05) is 175 Å². The summed E-state index contributed by atoms with van der Waals surface area (Å²) in [5, 5.41) is 15.0. The van der Waals surface area contributed by atoms with Gasteiger partial charge in [0.05, 0.1) is 150 Å². The second-order valence-corrected chi connectivity index (χ2v) is 17.0. The average molecular weight is 1010 g/mol. The number of nitrogens with zero attached hydrogens (tertiary/aromatic N) is 5. The van der Waals surface area contributed by atoms with Gasteiger partial charge in [-0.05, 0) is 42.3 Å². The Morgan fingerprint density at radius 1 is 0.866 bits per heavy atom. The maximum absolute atomic E-state index is 9.04. The molecule has 0 saturated carbocycles. The number of nitrogens with two attached hydrogens (primary N) is 2. The van der Waals surface area contributed by atoms with Gasteiger partial charge in [-0.25, -0.2) is 0 Å². The van der Waals surface area contributed by atoms with E-state index < -0.39 is 8.38 Å². The predicted molar refractivity (Wildman–Crippen MR) is 258 cm³/mol. The van der Waals surface area contributed by atoms with E-state index in [-0.39, 0.29) is 38.8 Å². The highest BCUT2D eigenvalue weighted by atomic mass is 35.5. The molecule has 0 bridgehead atoms. The molecule has 1 aromatic heterocycles. The first-order valence-corrected chi connectivity index (χ1v) is 24.9. The summed E-state index contributed by atoms with van der Waals surface area (Å²) >= 11 is 6.28. The number of benzene rings is 1. The van der Waals surface area contributed by atoms with Crippen LogP contribution in [-0.4, -0.2) is 215 Å². The molecular formula is C41H70ClN9O14P2. The van der Waals surface area contributed by atoms with Gasteiger partial charge in [-0.1, -0.05) is 0 Å². The van der Waals surface area contributed by atoms with Gasteiger partial charge < -0.3 is 93.6 Å². The van der Waals surface area contributed by atoms with Crippen LogP contribution in [-0.2, 0) is 47.2 Å². The molecule has 2 heterocycles. The van der Waals surface area contributed by atoms with Gasteiger partial charge in [0.15, 0.2) is 8.38 Å². The fraction of sp³-hybridized carbons (Fsp3) is 0.683. The first-order chi connectivity index (χ1) is 32.9. The van der Waals surface area contributed by atoms with E-state index in [1.54, 1.807) is 13.3 Å². The van der Waals surface area contributed by atoms with Gasteiger partial charge >= 0.3 is 0 Å². The lowest BCUT2D eigenvalue weighted by Gasteiger charge is -2.40. The molecule has 1 aromatic carbocycles. The minimum atomic E-state index is -1.97. The highest BCUT2D eigenvalue weighted by Gasteiger charge is 2.32. The zero-order valence-electron chi connectivity index (χ0n) is 38.3. The number of rotatable bonds is 44. The molecule has 0 aliphatic carbocycles. The van der Waals surface area contributed by atoms with Gasteiger partial charge in [0.1, 0.15) is 41.6 Å². The average Bonchev–Trinajstić information content (AvgIpc) is 3.31. The SMILES string of the molecule is COC(CCNc1nc(Cl)nc(N2CC(Oc3ccc(OCCOCCOCCOCCOC/C(C=NCCOCCOCCOCCOCCN)=N/N)cc3)C2)c1C=N)COPCP(O)O. The molecule has 0 spiro atoms. The van der Waals surface area contributed by atoms with Gasteiger partial charge in [0, 0.05) is 41.4 Å². The summed E-state index contributed by atoms with van der Waals surface area (Å²) in [6, 6.07) is 7.40. The van der Waals surface area contributed by atoms with Crippen LogP contribution in [0.5, 0.6) is 11.5 Å².